The minimum atomic E-state index is -4.93. The number of benzene rings is 1. The second kappa shape index (κ2) is 12.1. The molecule has 1 saturated carbocycles. The first-order valence-electron chi connectivity index (χ1n) is 12.0. The van der Waals surface area contributed by atoms with E-state index in [1.54, 1.807) is 19.9 Å². The maximum atomic E-state index is 13.0. The van der Waals surface area contributed by atoms with Gasteiger partial charge in [-0.1, -0.05) is 26.8 Å². The zero-order chi connectivity index (χ0) is 27.1. The topological polar surface area (TPSA) is 120 Å². The highest BCUT2D eigenvalue weighted by Crippen LogP contribution is 2.29. The molecule has 36 heavy (non-hydrogen) atoms. The fourth-order valence-corrected chi connectivity index (χ4v) is 3.99. The molecule has 0 heterocycles. The molecule has 0 unspecified atom stereocenters. The Morgan fingerprint density at radius 2 is 1.81 bits per heavy atom. The molecular weight excluding hydrogens is 477 g/mol. The molecule has 2 rings (SSSR count). The molecule has 1 aliphatic rings. The Hall–Kier alpha value is -3.29. The van der Waals surface area contributed by atoms with E-state index in [1.165, 1.54) is 12.1 Å². The van der Waals surface area contributed by atoms with Gasteiger partial charge in [-0.25, -0.2) is 0 Å². The largest absolute Gasteiger partial charge is 0.573 e. The lowest BCUT2D eigenvalue weighted by atomic mass is 9.83. The van der Waals surface area contributed by atoms with E-state index in [0.717, 1.165) is 6.07 Å². The lowest BCUT2D eigenvalue weighted by molar-refractivity contribution is -0.274. The van der Waals surface area contributed by atoms with E-state index in [4.69, 9.17) is 5.26 Å². The molecule has 0 aliphatic heterocycles. The predicted octanol–water partition coefficient (Wildman–Crippen LogP) is 3.69. The second-order valence-electron chi connectivity index (χ2n) is 9.48. The van der Waals surface area contributed by atoms with Crippen molar-refractivity contribution in [1.29, 1.82) is 5.26 Å². The van der Waals surface area contributed by atoms with Crippen LogP contribution in [0.3, 0.4) is 0 Å². The van der Waals surface area contributed by atoms with Crippen molar-refractivity contribution in [2.45, 2.75) is 84.3 Å². The molecule has 1 aliphatic carbocycles. The van der Waals surface area contributed by atoms with E-state index < -0.39 is 17.7 Å². The first kappa shape index (κ1) is 28.9. The summed E-state index contributed by atoms with van der Waals surface area (Å²) in [4.78, 5) is 37.5. The van der Waals surface area contributed by atoms with Gasteiger partial charge in [-0.2, -0.15) is 5.26 Å². The number of nitrogens with zero attached hydrogens (tertiary/aromatic N) is 1. The fraction of sp³-hybridized carbons (Fsp3) is 0.600. The number of nitrogens with one attached hydrogen (secondary N) is 3. The van der Waals surface area contributed by atoms with Gasteiger partial charge in [0.1, 0.15) is 11.3 Å². The highest BCUT2D eigenvalue weighted by atomic mass is 19.4. The second-order valence-corrected chi connectivity index (χ2v) is 9.48. The lowest BCUT2D eigenvalue weighted by Gasteiger charge is -2.36. The van der Waals surface area contributed by atoms with Gasteiger partial charge >= 0.3 is 6.36 Å². The van der Waals surface area contributed by atoms with Crippen LogP contribution >= 0.6 is 0 Å². The van der Waals surface area contributed by atoms with E-state index >= 15 is 0 Å². The van der Waals surface area contributed by atoms with Crippen LogP contribution < -0.4 is 20.7 Å². The van der Waals surface area contributed by atoms with Crippen molar-refractivity contribution < 1.29 is 32.3 Å². The Morgan fingerprint density at radius 3 is 2.33 bits per heavy atom. The van der Waals surface area contributed by atoms with Gasteiger partial charge in [0, 0.05) is 30.5 Å². The quantitative estimate of drug-likeness (QED) is 0.468. The normalized spacial score (nSPS) is 19.5. The molecule has 0 radical (unpaired) electrons. The summed E-state index contributed by atoms with van der Waals surface area (Å²) in [6.45, 7) is 6.94. The number of carbonyl (C=O) groups excluding carboxylic acids is 3. The maximum Gasteiger partial charge on any atom is 0.573 e. The fourth-order valence-electron chi connectivity index (χ4n) is 3.99. The van der Waals surface area contributed by atoms with E-state index in [9.17, 15) is 27.6 Å². The van der Waals surface area contributed by atoms with E-state index in [2.05, 4.69) is 20.7 Å². The molecule has 0 spiro atoms. The van der Waals surface area contributed by atoms with E-state index in [-0.39, 0.29) is 59.7 Å². The molecule has 11 heteroatoms. The SMILES string of the molecule is CCC(=O)N[C@@](C)(C(=O)NC1CCC(C(=O)NCc2ccc(C#N)cc2OC(F)(F)F)CC1)C(C)C. The van der Waals surface area contributed by atoms with Crippen molar-refractivity contribution in [2.75, 3.05) is 0 Å². The van der Waals surface area contributed by atoms with Gasteiger partial charge in [0.15, 0.2) is 0 Å². The van der Waals surface area contributed by atoms with Crippen LogP contribution in [0, 0.1) is 23.2 Å². The smallest absolute Gasteiger partial charge is 0.405 e. The molecule has 1 fully saturated rings. The first-order chi connectivity index (χ1) is 16.8. The Bertz CT molecular complexity index is 998. The van der Waals surface area contributed by atoms with Crippen LogP contribution in [0.2, 0.25) is 0 Å². The van der Waals surface area contributed by atoms with E-state index in [1.807, 2.05) is 13.8 Å². The Kier molecular flexibility index (Phi) is 9.73. The summed E-state index contributed by atoms with van der Waals surface area (Å²) in [5, 5.41) is 17.4. The zero-order valence-electron chi connectivity index (χ0n) is 20.9. The molecule has 0 bridgehead atoms. The summed E-state index contributed by atoms with van der Waals surface area (Å²) < 4.78 is 42.2. The van der Waals surface area contributed by atoms with Gasteiger partial charge in [-0.15, -0.1) is 13.2 Å². The summed E-state index contributed by atoms with van der Waals surface area (Å²) in [6.07, 6.45) is -2.56. The third-order valence-electron chi connectivity index (χ3n) is 6.65. The molecule has 3 amide bonds. The molecule has 198 valence electrons. The van der Waals surface area contributed by atoms with Crippen LogP contribution in [0.15, 0.2) is 18.2 Å². The summed E-state index contributed by atoms with van der Waals surface area (Å²) in [5.74, 6) is -1.80. The molecular formula is C25H33F3N4O4. The minimum Gasteiger partial charge on any atom is -0.405 e. The molecule has 8 nitrogen and oxygen atoms in total. The standard InChI is InChI=1S/C25H33F3N4O4/c1-5-21(33)32-24(4,15(2)3)23(35)31-19-10-8-17(9-11-19)22(34)30-14-18-7-6-16(13-29)12-20(18)36-25(26,27)28/h6-7,12,15,17,19H,5,8-11,14H2,1-4H3,(H,30,34)(H,31,35)(H,32,33)/t17?,19?,24-/m1/s1. The van der Waals surface area contributed by atoms with Crippen molar-refractivity contribution in [1.82, 2.24) is 16.0 Å². The molecule has 3 N–H and O–H groups in total. The van der Waals surface area contributed by atoms with Gasteiger partial charge in [-0.05, 0) is 50.7 Å². The van der Waals surface area contributed by atoms with Crippen molar-refractivity contribution >= 4 is 17.7 Å². The van der Waals surface area contributed by atoms with Crippen LogP contribution in [-0.2, 0) is 20.9 Å². The van der Waals surface area contributed by atoms with Crippen molar-refractivity contribution in [3.8, 4) is 11.8 Å². The number of hydrogen-bond donors (Lipinski definition) is 3. The highest BCUT2D eigenvalue weighted by Gasteiger charge is 2.39. The lowest BCUT2D eigenvalue weighted by Crippen LogP contribution is -2.61. The molecule has 1 aromatic rings. The third-order valence-corrected chi connectivity index (χ3v) is 6.65. The molecule has 0 aromatic heterocycles. The monoisotopic (exact) mass is 510 g/mol. The summed E-state index contributed by atoms with van der Waals surface area (Å²) in [6, 6.07) is 5.26. The maximum absolute atomic E-state index is 13.0. The summed E-state index contributed by atoms with van der Waals surface area (Å²) in [7, 11) is 0. The van der Waals surface area contributed by atoms with Crippen LogP contribution in [0.5, 0.6) is 5.75 Å². The van der Waals surface area contributed by atoms with Crippen molar-refractivity contribution in [2.24, 2.45) is 11.8 Å². The van der Waals surface area contributed by atoms with Crippen LogP contribution in [0.25, 0.3) is 0 Å². The third kappa shape index (κ3) is 7.86. The summed E-state index contributed by atoms with van der Waals surface area (Å²) in [5.41, 5.74) is -0.950. The van der Waals surface area contributed by atoms with Crippen LogP contribution in [0.4, 0.5) is 13.2 Å². The van der Waals surface area contributed by atoms with Crippen LogP contribution in [0.1, 0.15) is 70.9 Å². The van der Waals surface area contributed by atoms with Gasteiger partial charge in [-0.3, -0.25) is 14.4 Å². The number of ether oxygens (including phenoxy) is 1. The molecule has 0 saturated heterocycles. The molecule has 1 aromatic carbocycles. The minimum absolute atomic E-state index is 0.00696. The summed E-state index contributed by atoms with van der Waals surface area (Å²) >= 11 is 0. The Morgan fingerprint density at radius 1 is 1.17 bits per heavy atom. The number of carbonyl (C=O) groups is 3. The van der Waals surface area contributed by atoms with Crippen LogP contribution in [-0.4, -0.2) is 35.7 Å². The predicted molar refractivity (Wildman–Crippen MR) is 125 cm³/mol. The van der Waals surface area contributed by atoms with Gasteiger partial charge in [0.25, 0.3) is 0 Å². The van der Waals surface area contributed by atoms with Crippen molar-refractivity contribution in [3.63, 3.8) is 0 Å². The number of amides is 3. The zero-order valence-corrected chi connectivity index (χ0v) is 20.9. The van der Waals surface area contributed by atoms with Gasteiger partial charge in [0.2, 0.25) is 17.7 Å². The number of alkyl halides is 3. The Labute approximate surface area is 208 Å². The van der Waals surface area contributed by atoms with E-state index in [0.29, 0.717) is 25.7 Å². The number of nitriles is 1. The number of halogens is 3. The first-order valence-corrected chi connectivity index (χ1v) is 12.0. The average molecular weight is 511 g/mol. The molecule has 1 atom stereocenters. The number of hydrogen-bond acceptors (Lipinski definition) is 5. The highest BCUT2D eigenvalue weighted by molar-refractivity contribution is 5.91. The average Bonchev–Trinajstić information content (AvgIpc) is 2.82. The van der Waals surface area contributed by atoms with Gasteiger partial charge in [0.05, 0.1) is 11.6 Å². The Balaban J connectivity index is 1.93. The number of rotatable bonds is 9. The van der Waals surface area contributed by atoms with Crippen molar-refractivity contribution in [3.05, 3.63) is 29.3 Å². The van der Waals surface area contributed by atoms with Gasteiger partial charge < -0.3 is 20.7 Å².